The molecule has 0 saturated heterocycles. The number of nitrogens with one attached hydrogen (secondary N) is 2. The van der Waals surface area contributed by atoms with Crippen LogP contribution in [0.25, 0.3) is 9.88 Å². The van der Waals surface area contributed by atoms with E-state index in [2.05, 4.69) is 15.8 Å². The van der Waals surface area contributed by atoms with E-state index in [9.17, 15) is 9.59 Å². The Morgan fingerprint density at radius 2 is 1.96 bits per heavy atom. The summed E-state index contributed by atoms with van der Waals surface area (Å²) in [7, 11) is 0. The van der Waals surface area contributed by atoms with Gasteiger partial charge >= 0.3 is 0 Å². The van der Waals surface area contributed by atoms with Gasteiger partial charge in [0.25, 0.3) is 11.8 Å². The number of carbonyl (C=O) groups excluding carboxylic acids is 2. The van der Waals surface area contributed by atoms with E-state index < -0.39 is 11.8 Å². The molecule has 0 fully saturated rings. The Morgan fingerprint density at radius 3 is 2.70 bits per heavy atom. The Morgan fingerprint density at radius 1 is 1.15 bits per heavy atom. The third-order valence-electron chi connectivity index (χ3n) is 3.76. The van der Waals surface area contributed by atoms with Crippen LogP contribution in [0.1, 0.15) is 27.9 Å². The van der Waals surface area contributed by atoms with Crippen molar-refractivity contribution in [1.82, 2.24) is 15.8 Å². The molecule has 6 nitrogen and oxygen atoms in total. The van der Waals surface area contributed by atoms with Gasteiger partial charge < -0.3 is 4.74 Å². The molecule has 140 valence electrons. The van der Waals surface area contributed by atoms with Crippen molar-refractivity contribution in [2.75, 3.05) is 6.61 Å². The third-order valence-corrected chi connectivity index (χ3v) is 5.96. The lowest BCUT2D eigenvalue weighted by atomic mass is 10.1. The summed E-state index contributed by atoms with van der Waals surface area (Å²) in [6, 6.07) is 11.4. The first-order valence-corrected chi connectivity index (χ1v) is 10.1. The molecule has 2 aromatic heterocycles. The molecule has 3 aromatic rings. The molecule has 0 unspecified atom stereocenters. The number of hydrogen-bond donors (Lipinski definition) is 2. The predicted molar refractivity (Wildman–Crippen MR) is 107 cm³/mol. The van der Waals surface area contributed by atoms with Gasteiger partial charge in [0, 0.05) is 0 Å². The number of thiophene rings is 1. The fourth-order valence-electron chi connectivity index (χ4n) is 2.41. The lowest BCUT2D eigenvalue weighted by Gasteiger charge is -2.10. The molecule has 1 aromatic carbocycles. The highest BCUT2D eigenvalue weighted by Crippen LogP contribution is 2.30. The number of thiazole rings is 1. The molecule has 27 heavy (non-hydrogen) atoms. The maximum atomic E-state index is 12.3. The predicted octanol–water partition coefficient (Wildman–Crippen LogP) is 3.58. The lowest BCUT2D eigenvalue weighted by Crippen LogP contribution is -2.43. The number of rotatable bonds is 6. The maximum Gasteiger partial charge on any atom is 0.281 e. The zero-order valence-electron chi connectivity index (χ0n) is 14.9. The Kier molecular flexibility index (Phi) is 6.20. The van der Waals surface area contributed by atoms with Crippen molar-refractivity contribution in [3.05, 3.63) is 57.9 Å². The fraction of sp³-hybridized carbons (Fsp3) is 0.211. The quantitative estimate of drug-likeness (QED) is 0.619. The van der Waals surface area contributed by atoms with E-state index >= 15 is 0 Å². The average Bonchev–Trinajstić information content (AvgIpc) is 3.34. The first-order valence-electron chi connectivity index (χ1n) is 8.39. The first kappa shape index (κ1) is 19.1. The van der Waals surface area contributed by atoms with Gasteiger partial charge in [-0.3, -0.25) is 20.4 Å². The van der Waals surface area contributed by atoms with Gasteiger partial charge in [-0.15, -0.1) is 22.7 Å². The summed E-state index contributed by atoms with van der Waals surface area (Å²) >= 11 is 2.86. The lowest BCUT2D eigenvalue weighted by molar-refractivity contribution is -0.123. The molecule has 0 bridgehead atoms. The number of carbonyl (C=O) groups is 2. The second-order valence-electron chi connectivity index (χ2n) is 5.66. The standard InChI is InChI=1S/C19H19N3O3S2/c1-3-13-7-4-5-8-14(13)25-11-16(23)21-22-18(24)17-12(2)20-19(27-17)15-9-6-10-26-15/h4-10H,3,11H2,1-2H3,(H,21,23)(H,22,24). The van der Waals surface area contributed by atoms with E-state index in [1.54, 1.807) is 18.3 Å². The summed E-state index contributed by atoms with van der Waals surface area (Å²) in [6.07, 6.45) is 0.811. The monoisotopic (exact) mass is 401 g/mol. The van der Waals surface area contributed by atoms with Crippen molar-refractivity contribution in [2.24, 2.45) is 0 Å². The highest BCUT2D eigenvalue weighted by Gasteiger charge is 2.17. The Bertz CT molecular complexity index is 936. The molecule has 3 rings (SSSR count). The molecule has 2 N–H and O–H groups in total. The molecule has 0 spiro atoms. The van der Waals surface area contributed by atoms with E-state index in [0.717, 1.165) is 21.9 Å². The summed E-state index contributed by atoms with van der Waals surface area (Å²) in [5, 5.41) is 2.75. The van der Waals surface area contributed by atoms with Gasteiger partial charge in [0.1, 0.15) is 15.6 Å². The Hall–Kier alpha value is -2.71. The van der Waals surface area contributed by atoms with Crippen molar-refractivity contribution < 1.29 is 14.3 Å². The van der Waals surface area contributed by atoms with E-state index in [4.69, 9.17) is 4.74 Å². The number of amides is 2. The second-order valence-corrected chi connectivity index (χ2v) is 7.61. The minimum atomic E-state index is -0.435. The zero-order valence-corrected chi connectivity index (χ0v) is 16.6. The number of para-hydroxylation sites is 1. The SMILES string of the molecule is CCc1ccccc1OCC(=O)NNC(=O)c1sc(-c2cccs2)nc1C. The smallest absolute Gasteiger partial charge is 0.281 e. The molecule has 0 radical (unpaired) electrons. The van der Waals surface area contributed by atoms with Crippen LogP contribution >= 0.6 is 22.7 Å². The van der Waals surface area contributed by atoms with Crippen LogP contribution < -0.4 is 15.6 Å². The van der Waals surface area contributed by atoms with Crippen LogP contribution in [0.5, 0.6) is 5.75 Å². The summed E-state index contributed by atoms with van der Waals surface area (Å²) in [6.45, 7) is 3.61. The summed E-state index contributed by atoms with van der Waals surface area (Å²) in [4.78, 5) is 30.2. The number of aryl methyl sites for hydroxylation is 2. The van der Waals surface area contributed by atoms with Crippen LogP contribution in [0.4, 0.5) is 0 Å². The largest absolute Gasteiger partial charge is 0.483 e. The van der Waals surface area contributed by atoms with Crippen LogP contribution in [-0.4, -0.2) is 23.4 Å². The molecule has 2 amide bonds. The Labute approximate surface area is 165 Å². The molecule has 0 aliphatic heterocycles. The molecule has 0 atom stereocenters. The van der Waals surface area contributed by atoms with Gasteiger partial charge in [0.05, 0.1) is 10.6 Å². The Balaban J connectivity index is 1.54. The summed E-state index contributed by atoms with van der Waals surface area (Å²) in [5.41, 5.74) is 6.45. The van der Waals surface area contributed by atoms with Crippen LogP contribution in [0.3, 0.4) is 0 Å². The molecular formula is C19H19N3O3S2. The van der Waals surface area contributed by atoms with Crippen molar-refractivity contribution in [3.63, 3.8) is 0 Å². The topological polar surface area (TPSA) is 80.3 Å². The fourth-order valence-corrected chi connectivity index (χ4v) is 4.17. The van der Waals surface area contributed by atoms with Crippen LogP contribution in [0.2, 0.25) is 0 Å². The van der Waals surface area contributed by atoms with Crippen LogP contribution in [0, 0.1) is 6.92 Å². The van der Waals surface area contributed by atoms with Gasteiger partial charge in [-0.25, -0.2) is 4.98 Å². The van der Waals surface area contributed by atoms with E-state index in [0.29, 0.717) is 16.3 Å². The van der Waals surface area contributed by atoms with E-state index in [1.807, 2.05) is 48.7 Å². The second kappa shape index (κ2) is 8.79. The minimum Gasteiger partial charge on any atom is -0.483 e. The number of hydrazine groups is 1. The molecule has 0 aliphatic carbocycles. The van der Waals surface area contributed by atoms with E-state index in [1.165, 1.54) is 11.3 Å². The van der Waals surface area contributed by atoms with Crippen molar-refractivity contribution in [1.29, 1.82) is 0 Å². The normalized spacial score (nSPS) is 10.4. The number of aromatic nitrogens is 1. The number of nitrogens with zero attached hydrogens (tertiary/aromatic N) is 1. The highest BCUT2D eigenvalue weighted by molar-refractivity contribution is 7.22. The molecule has 0 aliphatic rings. The third kappa shape index (κ3) is 4.72. The maximum absolute atomic E-state index is 12.3. The number of benzene rings is 1. The highest BCUT2D eigenvalue weighted by atomic mass is 32.1. The first-order chi connectivity index (χ1) is 13.1. The summed E-state index contributed by atoms with van der Waals surface area (Å²) < 4.78 is 5.53. The van der Waals surface area contributed by atoms with Crippen molar-refractivity contribution in [2.45, 2.75) is 20.3 Å². The van der Waals surface area contributed by atoms with Gasteiger partial charge in [-0.1, -0.05) is 31.2 Å². The summed E-state index contributed by atoms with van der Waals surface area (Å²) in [5.74, 6) is -0.162. The van der Waals surface area contributed by atoms with E-state index in [-0.39, 0.29) is 6.61 Å². The average molecular weight is 402 g/mol. The molecule has 2 heterocycles. The van der Waals surface area contributed by atoms with Gasteiger partial charge in [0.15, 0.2) is 6.61 Å². The van der Waals surface area contributed by atoms with Crippen LogP contribution in [0.15, 0.2) is 41.8 Å². The minimum absolute atomic E-state index is 0.181. The molecular weight excluding hydrogens is 382 g/mol. The van der Waals surface area contributed by atoms with Crippen molar-refractivity contribution >= 4 is 34.5 Å². The zero-order chi connectivity index (χ0) is 19.2. The number of ether oxygens (including phenoxy) is 1. The number of hydrogen-bond acceptors (Lipinski definition) is 6. The van der Waals surface area contributed by atoms with Crippen molar-refractivity contribution in [3.8, 4) is 15.6 Å². The molecule has 0 saturated carbocycles. The van der Waals surface area contributed by atoms with Gasteiger partial charge in [0.2, 0.25) is 0 Å². The van der Waals surface area contributed by atoms with Gasteiger partial charge in [-0.05, 0) is 36.4 Å². The molecule has 8 heteroatoms. The van der Waals surface area contributed by atoms with Crippen LogP contribution in [-0.2, 0) is 11.2 Å². The van der Waals surface area contributed by atoms with Gasteiger partial charge in [-0.2, -0.15) is 0 Å².